The van der Waals surface area contributed by atoms with Gasteiger partial charge in [0.1, 0.15) is 0 Å². The number of hydrazone groups is 1. The second kappa shape index (κ2) is 9.87. The molecule has 0 radical (unpaired) electrons. The SMILES string of the molecule is CC(C)c1ccc(C=NNC(=O)CSc2nc(-c3ccc(Cl)cc3)cs2)cc1. The van der Waals surface area contributed by atoms with E-state index in [-0.39, 0.29) is 11.7 Å². The second-order valence-electron chi connectivity index (χ2n) is 6.41. The van der Waals surface area contributed by atoms with Crippen LogP contribution in [-0.4, -0.2) is 22.9 Å². The fourth-order valence-corrected chi connectivity index (χ4v) is 4.14. The summed E-state index contributed by atoms with van der Waals surface area (Å²) in [6.45, 7) is 4.31. The van der Waals surface area contributed by atoms with Gasteiger partial charge < -0.3 is 0 Å². The maximum atomic E-state index is 12.0. The number of benzene rings is 2. The third-order valence-electron chi connectivity index (χ3n) is 3.96. The van der Waals surface area contributed by atoms with E-state index in [1.807, 2.05) is 41.8 Å². The number of thiazole rings is 1. The first-order valence-corrected chi connectivity index (χ1v) is 11.0. The van der Waals surface area contributed by atoms with Crippen molar-refractivity contribution < 1.29 is 4.79 Å². The van der Waals surface area contributed by atoms with Crippen molar-refractivity contribution in [1.29, 1.82) is 0 Å². The van der Waals surface area contributed by atoms with Crippen molar-refractivity contribution in [3.05, 3.63) is 70.1 Å². The second-order valence-corrected chi connectivity index (χ2v) is 8.93. The molecule has 3 aromatic rings. The summed E-state index contributed by atoms with van der Waals surface area (Å²) < 4.78 is 0.841. The van der Waals surface area contributed by atoms with E-state index in [1.54, 1.807) is 6.21 Å². The number of nitrogens with one attached hydrogen (secondary N) is 1. The lowest BCUT2D eigenvalue weighted by Crippen LogP contribution is -2.19. The highest BCUT2D eigenvalue weighted by atomic mass is 35.5. The quantitative estimate of drug-likeness (QED) is 0.292. The third kappa shape index (κ3) is 5.92. The molecule has 0 aliphatic heterocycles. The molecule has 0 bridgehead atoms. The zero-order valence-electron chi connectivity index (χ0n) is 15.6. The van der Waals surface area contributed by atoms with E-state index >= 15 is 0 Å². The van der Waals surface area contributed by atoms with Crippen LogP contribution in [0.4, 0.5) is 0 Å². The fraction of sp³-hybridized carbons (Fsp3) is 0.190. The standard InChI is InChI=1S/C21H20ClN3OS2/c1-14(2)16-5-3-15(4-6-16)11-23-25-20(26)13-28-21-24-19(12-27-21)17-7-9-18(22)10-8-17/h3-12,14H,13H2,1-2H3,(H,25,26). The van der Waals surface area contributed by atoms with E-state index in [1.165, 1.54) is 28.7 Å². The number of hydrogen-bond donors (Lipinski definition) is 1. The lowest BCUT2D eigenvalue weighted by atomic mass is 10.0. The number of nitrogens with zero attached hydrogens (tertiary/aromatic N) is 2. The highest BCUT2D eigenvalue weighted by Gasteiger charge is 2.08. The summed E-state index contributed by atoms with van der Waals surface area (Å²) in [5.74, 6) is 0.592. The molecule has 1 N–H and O–H groups in total. The average molecular weight is 430 g/mol. The Morgan fingerprint density at radius 3 is 2.61 bits per heavy atom. The molecular weight excluding hydrogens is 410 g/mol. The summed E-state index contributed by atoms with van der Waals surface area (Å²) in [7, 11) is 0. The molecule has 0 unspecified atom stereocenters. The van der Waals surface area contributed by atoms with Gasteiger partial charge in [0.15, 0.2) is 4.34 Å². The van der Waals surface area contributed by atoms with Gasteiger partial charge in [0, 0.05) is 16.0 Å². The summed E-state index contributed by atoms with van der Waals surface area (Å²) in [5, 5.41) is 6.69. The number of carbonyl (C=O) groups excluding carboxylic acids is 1. The first-order chi connectivity index (χ1) is 13.5. The Morgan fingerprint density at radius 2 is 1.93 bits per heavy atom. The predicted octanol–water partition coefficient (Wildman–Crippen LogP) is 5.83. The molecule has 0 fully saturated rings. The summed E-state index contributed by atoms with van der Waals surface area (Å²) >= 11 is 8.82. The molecule has 28 heavy (non-hydrogen) atoms. The van der Waals surface area contributed by atoms with Gasteiger partial charge in [0.25, 0.3) is 5.91 Å². The van der Waals surface area contributed by atoms with Crippen molar-refractivity contribution in [3.63, 3.8) is 0 Å². The molecule has 0 aliphatic rings. The Balaban J connectivity index is 1.47. The Labute approximate surface area is 178 Å². The first kappa shape index (κ1) is 20.6. The van der Waals surface area contributed by atoms with Gasteiger partial charge in [-0.1, -0.05) is 73.6 Å². The third-order valence-corrected chi connectivity index (χ3v) is 6.23. The Kier molecular flexibility index (Phi) is 7.25. The number of hydrogen-bond acceptors (Lipinski definition) is 5. The fourth-order valence-electron chi connectivity index (χ4n) is 2.38. The highest BCUT2D eigenvalue weighted by molar-refractivity contribution is 8.01. The minimum atomic E-state index is -0.164. The molecule has 1 amide bonds. The summed E-state index contributed by atoms with van der Waals surface area (Å²) in [6, 6.07) is 15.7. The highest BCUT2D eigenvalue weighted by Crippen LogP contribution is 2.28. The topological polar surface area (TPSA) is 54.4 Å². The van der Waals surface area contributed by atoms with Crippen LogP contribution in [0.3, 0.4) is 0 Å². The van der Waals surface area contributed by atoms with Crippen molar-refractivity contribution in [1.82, 2.24) is 10.4 Å². The average Bonchev–Trinajstić information content (AvgIpc) is 3.16. The molecule has 2 aromatic carbocycles. The Morgan fingerprint density at radius 1 is 1.21 bits per heavy atom. The maximum Gasteiger partial charge on any atom is 0.250 e. The Hall–Kier alpha value is -2.15. The van der Waals surface area contributed by atoms with Gasteiger partial charge in [-0.3, -0.25) is 4.79 Å². The maximum absolute atomic E-state index is 12.0. The molecule has 0 spiro atoms. The van der Waals surface area contributed by atoms with Crippen molar-refractivity contribution in [3.8, 4) is 11.3 Å². The number of aromatic nitrogens is 1. The molecule has 0 aliphatic carbocycles. The van der Waals surface area contributed by atoms with Gasteiger partial charge in [-0.05, 0) is 29.2 Å². The molecule has 1 heterocycles. The largest absolute Gasteiger partial charge is 0.272 e. The predicted molar refractivity (Wildman–Crippen MR) is 120 cm³/mol. The van der Waals surface area contributed by atoms with Crippen LogP contribution in [-0.2, 0) is 4.79 Å². The van der Waals surface area contributed by atoms with Gasteiger partial charge in [0.2, 0.25) is 0 Å². The van der Waals surface area contributed by atoms with E-state index in [4.69, 9.17) is 11.6 Å². The van der Waals surface area contributed by atoms with Gasteiger partial charge >= 0.3 is 0 Å². The number of thioether (sulfide) groups is 1. The lowest BCUT2D eigenvalue weighted by Gasteiger charge is -2.04. The van der Waals surface area contributed by atoms with Gasteiger partial charge in [-0.15, -0.1) is 11.3 Å². The summed E-state index contributed by atoms with van der Waals surface area (Å²) in [4.78, 5) is 16.5. The van der Waals surface area contributed by atoms with Gasteiger partial charge in [-0.2, -0.15) is 5.10 Å². The lowest BCUT2D eigenvalue weighted by molar-refractivity contribution is -0.118. The van der Waals surface area contributed by atoms with Gasteiger partial charge in [-0.25, -0.2) is 10.4 Å². The van der Waals surface area contributed by atoms with Crippen LogP contribution in [0.5, 0.6) is 0 Å². The molecule has 0 saturated carbocycles. The molecule has 4 nitrogen and oxygen atoms in total. The number of carbonyl (C=O) groups is 1. The van der Waals surface area contributed by atoms with Crippen LogP contribution in [0, 0.1) is 0 Å². The zero-order chi connectivity index (χ0) is 19.9. The van der Waals surface area contributed by atoms with Crippen LogP contribution in [0.2, 0.25) is 5.02 Å². The summed E-state index contributed by atoms with van der Waals surface area (Å²) in [6.07, 6.45) is 1.65. The number of halogens is 1. The van der Waals surface area contributed by atoms with Crippen LogP contribution in [0.25, 0.3) is 11.3 Å². The Bertz CT molecular complexity index is 951. The smallest absolute Gasteiger partial charge is 0.250 e. The molecule has 0 atom stereocenters. The molecule has 144 valence electrons. The molecule has 3 rings (SSSR count). The van der Waals surface area contributed by atoms with Crippen molar-refractivity contribution in [2.24, 2.45) is 5.10 Å². The molecular formula is C21H20ClN3OS2. The van der Waals surface area contributed by atoms with Crippen molar-refractivity contribution >= 4 is 46.8 Å². The van der Waals surface area contributed by atoms with Crippen LogP contribution >= 0.6 is 34.7 Å². The van der Waals surface area contributed by atoms with Crippen LogP contribution in [0.1, 0.15) is 30.9 Å². The van der Waals surface area contributed by atoms with E-state index < -0.39 is 0 Å². The molecule has 7 heteroatoms. The van der Waals surface area contributed by atoms with Crippen LogP contribution in [0.15, 0.2) is 63.4 Å². The number of rotatable bonds is 7. The molecule has 1 aromatic heterocycles. The monoisotopic (exact) mass is 429 g/mol. The van der Waals surface area contributed by atoms with E-state index in [2.05, 4.69) is 41.5 Å². The minimum absolute atomic E-state index is 0.164. The first-order valence-electron chi connectivity index (χ1n) is 8.77. The van der Waals surface area contributed by atoms with E-state index in [0.717, 1.165) is 21.2 Å². The van der Waals surface area contributed by atoms with Gasteiger partial charge in [0.05, 0.1) is 17.7 Å². The summed E-state index contributed by atoms with van der Waals surface area (Å²) in [5.41, 5.74) is 6.67. The zero-order valence-corrected chi connectivity index (χ0v) is 17.9. The van der Waals surface area contributed by atoms with Crippen LogP contribution < -0.4 is 5.43 Å². The van der Waals surface area contributed by atoms with Crippen molar-refractivity contribution in [2.45, 2.75) is 24.1 Å². The normalized spacial score (nSPS) is 11.3. The van der Waals surface area contributed by atoms with Crippen molar-refractivity contribution in [2.75, 3.05) is 5.75 Å². The van der Waals surface area contributed by atoms with E-state index in [9.17, 15) is 4.79 Å². The minimum Gasteiger partial charge on any atom is -0.272 e. The van der Waals surface area contributed by atoms with E-state index in [0.29, 0.717) is 10.9 Å². The number of amides is 1. The molecule has 0 saturated heterocycles.